The molecule has 3 aliphatic carbocycles. The van der Waals surface area contributed by atoms with E-state index in [4.69, 9.17) is 0 Å². The van der Waals surface area contributed by atoms with E-state index >= 15 is 0 Å². The van der Waals surface area contributed by atoms with Crippen LogP contribution in [0.2, 0.25) is 0 Å². The number of benzene rings is 8. The van der Waals surface area contributed by atoms with Gasteiger partial charge in [0.25, 0.3) is 0 Å². The van der Waals surface area contributed by atoms with Crippen molar-refractivity contribution >= 4 is 10.8 Å². The molecule has 1 unspecified atom stereocenters. The van der Waals surface area contributed by atoms with Crippen molar-refractivity contribution in [2.24, 2.45) is 0 Å². The number of rotatable bonds is 2. The van der Waals surface area contributed by atoms with Crippen LogP contribution >= 0.6 is 0 Å². The van der Waals surface area contributed by atoms with Gasteiger partial charge in [-0.05, 0) is 112 Å². The molecule has 47 heavy (non-hydrogen) atoms. The van der Waals surface area contributed by atoms with Crippen molar-refractivity contribution < 1.29 is 0 Å². The summed E-state index contributed by atoms with van der Waals surface area (Å²) in [7, 11) is 0. The Hall–Kier alpha value is -5.98. The second-order valence-corrected chi connectivity index (χ2v) is 13.2. The van der Waals surface area contributed by atoms with Crippen molar-refractivity contribution in [3.8, 4) is 66.8 Å². The largest absolute Gasteiger partial charge is 0.0726 e. The molecule has 0 N–H and O–H groups in total. The first-order chi connectivity index (χ1) is 23.3. The van der Waals surface area contributed by atoms with Crippen molar-refractivity contribution in [2.45, 2.75) is 5.41 Å². The molecule has 0 nitrogen and oxygen atoms in total. The van der Waals surface area contributed by atoms with Gasteiger partial charge in [0, 0.05) is 0 Å². The summed E-state index contributed by atoms with van der Waals surface area (Å²) in [5.41, 5.74) is 20.9. The summed E-state index contributed by atoms with van der Waals surface area (Å²) in [5, 5.41) is 2.74. The maximum atomic E-state index is 2.56. The summed E-state index contributed by atoms with van der Waals surface area (Å²) >= 11 is 0. The molecule has 0 radical (unpaired) electrons. The summed E-state index contributed by atoms with van der Waals surface area (Å²) in [5.74, 6) is 0. The molecule has 0 aromatic heterocycles. The van der Waals surface area contributed by atoms with Gasteiger partial charge in [-0.25, -0.2) is 0 Å². The van der Waals surface area contributed by atoms with Gasteiger partial charge in [0.2, 0.25) is 0 Å². The van der Waals surface area contributed by atoms with Crippen LogP contribution in [0.25, 0.3) is 77.5 Å². The molecule has 1 spiro atoms. The smallest absolute Gasteiger partial charge is 0.0622 e. The normalized spacial score (nSPS) is 15.7. The van der Waals surface area contributed by atoms with Gasteiger partial charge in [0.05, 0.1) is 5.41 Å². The average Bonchev–Trinajstić information content (AvgIpc) is 3.75. The van der Waals surface area contributed by atoms with Crippen LogP contribution in [0.1, 0.15) is 22.3 Å². The zero-order valence-electron chi connectivity index (χ0n) is 25.7. The Labute approximate surface area is 274 Å². The van der Waals surface area contributed by atoms with Crippen LogP contribution < -0.4 is 0 Å². The van der Waals surface area contributed by atoms with Gasteiger partial charge in [-0.15, -0.1) is 0 Å². The lowest BCUT2D eigenvalue weighted by molar-refractivity contribution is 0.795. The summed E-state index contributed by atoms with van der Waals surface area (Å²) < 4.78 is 0. The molecule has 3 aliphatic rings. The Morgan fingerprint density at radius 3 is 1.57 bits per heavy atom. The first-order valence-electron chi connectivity index (χ1n) is 16.5. The molecule has 0 heteroatoms. The first-order valence-corrected chi connectivity index (χ1v) is 16.5. The van der Waals surface area contributed by atoms with E-state index < -0.39 is 5.41 Å². The van der Waals surface area contributed by atoms with Crippen LogP contribution in [-0.2, 0) is 5.41 Å². The standard InChI is InChI=1S/C47H28/c1-2-11-29(12-3-1)30-21-23-31(24-22-30)32-25-26-36-35-15-6-8-19-41(35)47(43(36)27-32)42-20-9-7-16-38(42)46-39-18-10-17-37-33-13-4-5-14-34(33)40(45(37)39)28-44(46)47/h1-28H. The van der Waals surface area contributed by atoms with Gasteiger partial charge in [0.15, 0.2) is 0 Å². The third kappa shape index (κ3) is 3.13. The predicted octanol–water partition coefficient (Wildman–Crippen LogP) is 12.2. The van der Waals surface area contributed by atoms with E-state index in [0.717, 1.165) is 0 Å². The average molecular weight is 593 g/mol. The summed E-state index contributed by atoms with van der Waals surface area (Å²) in [6.45, 7) is 0. The number of hydrogen-bond donors (Lipinski definition) is 0. The zero-order valence-corrected chi connectivity index (χ0v) is 25.7. The Kier molecular flexibility index (Phi) is 4.86. The molecular formula is C47H28. The molecule has 8 aromatic carbocycles. The third-order valence-corrected chi connectivity index (χ3v) is 11.0. The molecule has 0 fully saturated rings. The third-order valence-electron chi connectivity index (χ3n) is 11.0. The van der Waals surface area contributed by atoms with Gasteiger partial charge >= 0.3 is 0 Å². The Bertz CT molecular complexity index is 2600. The van der Waals surface area contributed by atoms with Crippen molar-refractivity contribution in [2.75, 3.05) is 0 Å². The molecule has 0 saturated carbocycles. The van der Waals surface area contributed by atoms with Crippen LogP contribution in [0.15, 0.2) is 170 Å². The fourth-order valence-electron chi connectivity index (χ4n) is 9.16. The molecule has 1 atom stereocenters. The Morgan fingerprint density at radius 2 is 0.809 bits per heavy atom. The van der Waals surface area contributed by atoms with E-state index in [1.807, 2.05) is 0 Å². The number of hydrogen-bond acceptors (Lipinski definition) is 0. The molecule has 0 bridgehead atoms. The predicted molar refractivity (Wildman–Crippen MR) is 196 cm³/mol. The zero-order chi connectivity index (χ0) is 30.7. The molecule has 8 aromatic rings. The molecule has 11 rings (SSSR count). The van der Waals surface area contributed by atoms with Crippen LogP contribution in [0.5, 0.6) is 0 Å². The highest BCUT2D eigenvalue weighted by molar-refractivity contribution is 6.21. The van der Waals surface area contributed by atoms with E-state index in [1.54, 1.807) is 0 Å². The van der Waals surface area contributed by atoms with E-state index in [-0.39, 0.29) is 0 Å². The minimum atomic E-state index is -0.407. The molecule has 216 valence electrons. The molecule has 0 amide bonds. The van der Waals surface area contributed by atoms with E-state index in [0.29, 0.717) is 0 Å². The van der Waals surface area contributed by atoms with Gasteiger partial charge in [-0.1, -0.05) is 158 Å². The minimum absolute atomic E-state index is 0.407. The van der Waals surface area contributed by atoms with Crippen molar-refractivity contribution in [1.29, 1.82) is 0 Å². The SMILES string of the molecule is c1ccc(-c2ccc(-c3ccc4c(c3)C3(c5ccccc5-4)c4ccccc4-c4c3cc3c5c(cccc45)-c4ccccc4-3)cc2)cc1. The molecule has 0 aliphatic heterocycles. The highest BCUT2D eigenvalue weighted by Crippen LogP contribution is 2.65. The minimum Gasteiger partial charge on any atom is -0.0622 e. The van der Waals surface area contributed by atoms with Gasteiger partial charge in [-0.2, -0.15) is 0 Å². The maximum Gasteiger partial charge on any atom is 0.0726 e. The summed E-state index contributed by atoms with van der Waals surface area (Å²) in [6, 6.07) is 63.6. The second-order valence-electron chi connectivity index (χ2n) is 13.2. The molecule has 0 saturated heterocycles. The highest BCUT2D eigenvalue weighted by atomic mass is 14.5. The Balaban J connectivity index is 1.22. The van der Waals surface area contributed by atoms with E-state index in [9.17, 15) is 0 Å². The number of fused-ring (bicyclic) bond motifs is 14. The molecular weight excluding hydrogens is 565 g/mol. The summed E-state index contributed by atoms with van der Waals surface area (Å²) in [6.07, 6.45) is 0. The fourth-order valence-corrected chi connectivity index (χ4v) is 9.16. The fraction of sp³-hybridized carbons (Fsp3) is 0.0213. The lowest BCUT2D eigenvalue weighted by atomic mass is 9.69. The molecule has 0 heterocycles. The van der Waals surface area contributed by atoms with Crippen molar-refractivity contribution in [3.05, 3.63) is 192 Å². The summed E-state index contributed by atoms with van der Waals surface area (Å²) in [4.78, 5) is 0. The van der Waals surface area contributed by atoms with Crippen LogP contribution in [-0.4, -0.2) is 0 Å². The highest BCUT2D eigenvalue weighted by Gasteiger charge is 2.52. The van der Waals surface area contributed by atoms with Gasteiger partial charge in [0.1, 0.15) is 0 Å². The van der Waals surface area contributed by atoms with Crippen LogP contribution in [0, 0.1) is 0 Å². The van der Waals surface area contributed by atoms with Gasteiger partial charge in [-0.3, -0.25) is 0 Å². The monoisotopic (exact) mass is 592 g/mol. The second kappa shape index (κ2) is 9.06. The topological polar surface area (TPSA) is 0 Å². The van der Waals surface area contributed by atoms with E-state index in [2.05, 4.69) is 170 Å². The van der Waals surface area contributed by atoms with Gasteiger partial charge < -0.3 is 0 Å². The lowest BCUT2D eigenvalue weighted by Gasteiger charge is -2.31. The van der Waals surface area contributed by atoms with E-state index in [1.165, 1.54) is 99.8 Å². The maximum absolute atomic E-state index is 2.56. The van der Waals surface area contributed by atoms with Crippen molar-refractivity contribution in [1.82, 2.24) is 0 Å². The van der Waals surface area contributed by atoms with Crippen LogP contribution in [0.3, 0.4) is 0 Å². The van der Waals surface area contributed by atoms with Crippen LogP contribution in [0.4, 0.5) is 0 Å². The lowest BCUT2D eigenvalue weighted by Crippen LogP contribution is -2.26. The quantitative estimate of drug-likeness (QED) is 0.187. The Morgan fingerprint density at radius 1 is 0.277 bits per heavy atom. The first kappa shape index (κ1) is 25.2. The van der Waals surface area contributed by atoms with Crippen molar-refractivity contribution in [3.63, 3.8) is 0 Å².